The molecule has 0 aliphatic rings. The molecule has 0 atom stereocenters. The van der Waals surface area contributed by atoms with Crippen molar-refractivity contribution >= 4 is 34.2 Å². The van der Waals surface area contributed by atoms with Gasteiger partial charge in [0.05, 0.1) is 18.3 Å². The summed E-state index contributed by atoms with van der Waals surface area (Å²) in [5, 5.41) is 21.5. The summed E-state index contributed by atoms with van der Waals surface area (Å²) in [5.41, 5.74) is 10.7. The van der Waals surface area contributed by atoms with Crippen molar-refractivity contribution in [2.45, 2.75) is 6.92 Å². The van der Waals surface area contributed by atoms with Gasteiger partial charge in [0.2, 0.25) is 5.96 Å². The Bertz CT molecular complexity index is 1020. The molecule has 0 saturated carbocycles. The lowest BCUT2D eigenvalue weighted by Gasteiger charge is -2.06. The van der Waals surface area contributed by atoms with E-state index in [4.69, 9.17) is 15.9 Å². The number of carbonyl (C=O) groups is 1. The van der Waals surface area contributed by atoms with Gasteiger partial charge < -0.3 is 15.8 Å². The highest BCUT2D eigenvalue weighted by atomic mass is 16.5. The van der Waals surface area contributed by atoms with Gasteiger partial charge in [-0.05, 0) is 42.8 Å². The molecule has 27 heavy (non-hydrogen) atoms. The first-order valence-corrected chi connectivity index (χ1v) is 8.06. The summed E-state index contributed by atoms with van der Waals surface area (Å²) in [4.78, 5) is 12.6. The number of amides is 1. The van der Waals surface area contributed by atoms with Crippen LogP contribution >= 0.6 is 0 Å². The van der Waals surface area contributed by atoms with E-state index < -0.39 is 0 Å². The van der Waals surface area contributed by atoms with Gasteiger partial charge >= 0.3 is 0 Å². The highest BCUT2D eigenvalue weighted by molar-refractivity contribution is 6.11. The lowest BCUT2D eigenvalue weighted by Crippen LogP contribution is -2.26. The molecule has 0 unspecified atom stereocenters. The lowest BCUT2D eigenvalue weighted by molar-refractivity contribution is 0.102. The van der Waals surface area contributed by atoms with Gasteiger partial charge in [0.25, 0.3) is 5.91 Å². The lowest BCUT2D eigenvalue weighted by atomic mass is 10.1. The SMILES string of the molecule is COc1ccc2[nH]nc(C(=O)Nc3ccc(/C(C)=N/NC(=N)N)cc3)c2c1. The zero-order chi connectivity index (χ0) is 19.4. The molecule has 0 spiro atoms. The molecule has 1 amide bonds. The number of anilines is 1. The molecule has 9 nitrogen and oxygen atoms in total. The van der Waals surface area contributed by atoms with Crippen LogP contribution in [0.15, 0.2) is 47.6 Å². The fourth-order valence-electron chi connectivity index (χ4n) is 2.49. The minimum atomic E-state index is -0.328. The van der Waals surface area contributed by atoms with Crippen molar-refractivity contribution in [3.63, 3.8) is 0 Å². The highest BCUT2D eigenvalue weighted by Crippen LogP contribution is 2.23. The number of hydrazone groups is 1. The Balaban J connectivity index is 1.76. The Morgan fingerprint density at radius 1 is 1.26 bits per heavy atom. The van der Waals surface area contributed by atoms with Crippen LogP contribution in [0, 0.1) is 5.41 Å². The highest BCUT2D eigenvalue weighted by Gasteiger charge is 2.15. The van der Waals surface area contributed by atoms with Crippen molar-refractivity contribution in [2.24, 2.45) is 10.8 Å². The van der Waals surface area contributed by atoms with Gasteiger partial charge in [-0.1, -0.05) is 12.1 Å². The third-order valence-electron chi connectivity index (χ3n) is 3.89. The first-order valence-electron chi connectivity index (χ1n) is 8.06. The second-order valence-electron chi connectivity index (χ2n) is 5.74. The maximum Gasteiger partial charge on any atom is 0.276 e. The van der Waals surface area contributed by atoms with E-state index in [9.17, 15) is 4.79 Å². The van der Waals surface area contributed by atoms with Crippen LogP contribution in [0.25, 0.3) is 10.9 Å². The third-order valence-corrected chi connectivity index (χ3v) is 3.89. The third kappa shape index (κ3) is 4.03. The summed E-state index contributed by atoms with van der Waals surface area (Å²) in [6.45, 7) is 1.78. The van der Waals surface area contributed by atoms with Crippen molar-refractivity contribution in [3.8, 4) is 5.75 Å². The number of rotatable bonds is 5. The number of nitrogens with one attached hydrogen (secondary N) is 4. The molecular formula is C18H19N7O2. The first kappa shape index (κ1) is 17.9. The molecule has 0 saturated heterocycles. The van der Waals surface area contributed by atoms with Crippen LogP contribution in [0.2, 0.25) is 0 Å². The molecule has 3 rings (SSSR count). The van der Waals surface area contributed by atoms with Gasteiger partial charge in [-0.25, -0.2) is 5.43 Å². The van der Waals surface area contributed by atoms with Crippen molar-refractivity contribution in [2.75, 3.05) is 12.4 Å². The van der Waals surface area contributed by atoms with Crippen LogP contribution < -0.4 is 21.2 Å². The predicted molar refractivity (Wildman–Crippen MR) is 104 cm³/mol. The predicted octanol–water partition coefficient (Wildman–Crippen LogP) is 2.03. The standard InChI is InChI=1S/C18H19N7O2/c1-10(22-25-18(19)20)11-3-5-12(6-4-11)21-17(26)16-14-9-13(27-2)7-8-15(14)23-24-16/h3-9H,1-2H3,(H,21,26)(H,23,24)(H4,19,20,25)/b22-10+. The van der Waals surface area contributed by atoms with Crippen LogP contribution in [0.5, 0.6) is 5.75 Å². The Hall–Kier alpha value is -3.88. The molecule has 0 aliphatic heterocycles. The smallest absolute Gasteiger partial charge is 0.276 e. The second-order valence-corrected chi connectivity index (χ2v) is 5.74. The number of hydrogen-bond donors (Lipinski definition) is 5. The number of carbonyl (C=O) groups excluding carboxylic acids is 1. The van der Waals surface area contributed by atoms with Crippen molar-refractivity contribution in [1.82, 2.24) is 15.6 Å². The van der Waals surface area contributed by atoms with E-state index in [0.717, 1.165) is 11.1 Å². The Kier molecular flexibility index (Phi) is 5.02. The molecule has 0 bridgehead atoms. The Labute approximate surface area is 155 Å². The summed E-state index contributed by atoms with van der Waals surface area (Å²) in [7, 11) is 1.57. The van der Waals surface area contributed by atoms with E-state index in [1.165, 1.54) is 0 Å². The summed E-state index contributed by atoms with van der Waals surface area (Å²) >= 11 is 0. The largest absolute Gasteiger partial charge is 0.497 e. The van der Waals surface area contributed by atoms with E-state index in [2.05, 4.69) is 26.0 Å². The van der Waals surface area contributed by atoms with Crippen molar-refractivity contribution < 1.29 is 9.53 Å². The monoisotopic (exact) mass is 365 g/mol. The van der Waals surface area contributed by atoms with Gasteiger partial charge in [-0.2, -0.15) is 10.2 Å². The van der Waals surface area contributed by atoms with E-state index in [0.29, 0.717) is 22.5 Å². The summed E-state index contributed by atoms with van der Waals surface area (Å²) in [6.07, 6.45) is 0. The molecule has 0 radical (unpaired) electrons. The Morgan fingerprint density at radius 3 is 2.67 bits per heavy atom. The van der Waals surface area contributed by atoms with Crippen molar-refractivity contribution in [1.29, 1.82) is 5.41 Å². The van der Waals surface area contributed by atoms with Gasteiger partial charge in [0.1, 0.15) is 5.75 Å². The fraction of sp³-hybridized carbons (Fsp3) is 0.111. The zero-order valence-corrected chi connectivity index (χ0v) is 14.8. The van der Waals surface area contributed by atoms with Crippen LogP contribution in [0.3, 0.4) is 0 Å². The maximum atomic E-state index is 12.6. The van der Waals surface area contributed by atoms with E-state index in [1.807, 2.05) is 18.2 Å². The molecule has 0 aliphatic carbocycles. The number of ether oxygens (including phenoxy) is 1. The van der Waals surface area contributed by atoms with Crippen LogP contribution in [0.1, 0.15) is 23.0 Å². The number of H-pyrrole nitrogens is 1. The molecule has 6 N–H and O–H groups in total. The number of nitrogens with two attached hydrogens (primary N) is 1. The number of guanidine groups is 1. The molecule has 138 valence electrons. The molecule has 3 aromatic rings. The average Bonchev–Trinajstić information content (AvgIpc) is 3.09. The minimum absolute atomic E-state index is 0.235. The molecular weight excluding hydrogens is 346 g/mol. The molecule has 1 heterocycles. The number of benzene rings is 2. The summed E-state index contributed by atoms with van der Waals surface area (Å²) < 4.78 is 5.20. The molecule has 1 aromatic heterocycles. The quantitative estimate of drug-likeness (QED) is 0.267. The first-order chi connectivity index (χ1) is 13.0. The van der Waals surface area contributed by atoms with Gasteiger partial charge in [-0.3, -0.25) is 15.3 Å². The number of aromatic amines is 1. The number of nitrogens with zero attached hydrogens (tertiary/aromatic N) is 2. The normalized spacial score (nSPS) is 11.3. The second kappa shape index (κ2) is 7.56. The van der Waals surface area contributed by atoms with E-state index in [1.54, 1.807) is 38.3 Å². The average molecular weight is 365 g/mol. The van der Waals surface area contributed by atoms with Gasteiger partial charge in [0, 0.05) is 11.1 Å². The van der Waals surface area contributed by atoms with E-state index >= 15 is 0 Å². The van der Waals surface area contributed by atoms with Crippen LogP contribution in [-0.4, -0.2) is 34.9 Å². The maximum absolute atomic E-state index is 12.6. The van der Waals surface area contributed by atoms with E-state index in [-0.39, 0.29) is 17.6 Å². The zero-order valence-electron chi connectivity index (χ0n) is 14.8. The number of fused-ring (bicyclic) bond motifs is 1. The Morgan fingerprint density at radius 2 is 2.00 bits per heavy atom. The van der Waals surface area contributed by atoms with Gasteiger partial charge in [0.15, 0.2) is 5.69 Å². The number of methoxy groups -OCH3 is 1. The topological polar surface area (TPSA) is 141 Å². The number of hydrogen-bond acceptors (Lipinski definition) is 5. The van der Waals surface area contributed by atoms with Crippen LogP contribution in [-0.2, 0) is 0 Å². The fourth-order valence-corrected chi connectivity index (χ4v) is 2.49. The van der Waals surface area contributed by atoms with Gasteiger partial charge in [-0.15, -0.1) is 0 Å². The molecule has 9 heteroatoms. The number of aromatic nitrogens is 2. The molecule has 2 aromatic carbocycles. The summed E-state index contributed by atoms with van der Waals surface area (Å²) in [6, 6.07) is 12.5. The minimum Gasteiger partial charge on any atom is -0.497 e. The van der Waals surface area contributed by atoms with Crippen molar-refractivity contribution in [3.05, 3.63) is 53.7 Å². The summed E-state index contributed by atoms with van der Waals surface area (Å²) in [5.74, 6) is 0.0863. The molecule has 0 fully saturated rings. The van der Waals surface area contributed by atoms with Crippen LogP contribution in [0.4, 0.5) is 5.69 Å².